The van der Waals surface area contributed by atoms with E-state index in [1.165, 1.54) is 0 Å². The molecule has 22 heteroatoms. The number of hydrogen-bond donors (Lipinski definition) is 0. The van der Waals surface area contributed by atoms with E-state index >= 15 is 0 Å². The maximum Gasteiger partial charge on any atom is 0.169 e. The first kappa shape index (κ1) is 74.6. The SMILES string of the molecule is [N-]=[N+]=N[C@H]1[C@H](O[C@H]2[C@H](OCc3ccccc3)[C@@H](N=[N+]=[N-])[C@@H](O[C@@H](COCc3ccccc3)[C@@H](OCc3ccccc3)[C@H](OCc3ccccc3)[C@@H](COCc3ccccc3)N=[N+]=[N-])O[C@@H]2COCc2ccccc2)O[C@H](COCc2ccccc2)[C@@H](OCc2ccccc2)[C@@H]1OCc1ccccc1. The van der Waals surface area contributed by atoms with Crippen molar-refractivity contribution in [3.63, 3.8) is 0 Å². The van der Waals surface area contributed by atoms with Gasteiger partial charge in [-0.2, -0.15) is 0 Å². The monoisotopic (exact) mass is 1390 g/mol. The molecule has 2 saturated heterocycles. The fourth-order valence-electron chi connectivity index (χ4n) is 12.3. The number of benzene rings is 9. The van der Waals surface area contributed by atoms with Gasteiger partial charge >= 0.3 is 0 Å². The first-order valence-corrected chi connectivity index (χ1v) is 34.5. The zero-order valence-corrected chi connectivity index (χ0v) is 57.1. The summed E-state index contributed by atoms with van der Waals surface area (Å²) in [4.78, 5) is 10.3. The van der Waals surface area contributed by atoms with Crippen LogP contribution < -0.4 is 0 Å². The Balaban J connectivity index is 1.02. The highest BCUT2D eigenvalue weighted by molar-refractivity contribution is 5.21. The molecule has 0 radical (unpaired) electrons. The van der Waals surface area contributed by atoms with Crippen LogP contribution in [0, 0.1) is 0 Å². The summed E-state index contributed by atoms with van der Waals surface area (Å²) in [5.74, 6) is 0. The van der Waals surface area contributed by atoms with Crippen molar-refractivity contribution in [1.29, 1.82) is 0 Å². The van der Waals surface area contributed by atoms with Gasteiger partial charge in [-0.25, -0.2) is 0 Å². The van der Waals surface area contributed by atoms with Gasteiger partial charge in [-0.1, -0.05) is 288 Å². The Bertz CT molecular complexity index is 4000. The fraction of sp³-hybridized carbons (Fsp3) is 0.333. The Morgan fingerprint density at radius 2 is 0.631 bits per heavy atom. The third-order valence-electron chi connectivity index (χ3n) is 17.5. The molecule has 532 valence electrons. The second-order valence-corrected chi connectivity index (χ2v) is 24.8. The molecule has 0 unspecified atom stereocenters. The Hall–Kier alpha value is -9.61. The molecule has 0 bridgehead atoms. The van der Waals surface area contributed by atoms with Crippen LogP contribution >= 0.6 is 0 Å². The Kier molecular flexibility index (Phi) is 30.0. The van der Waals surface area contributed by atoms with Gasteiger partial charge in [0.1, 0.15) is 60.9 Å². The molecular weight excluding hydrogens is 1310 g/mol. The molecule has 0 aliphatic carbocycles. The van der Waals surface area contributed by atoms with Crippen LogP contribution in [0.3, 0.4) is 0 Å². The number of hydrogen-bond acceptors (Lipinski definition) is 16. The van der Waals surface area contributed by atoms with Crippen LogP contribution in [0.5, 0.6) is 0 Å². The van der Waals surface area contributed by atoms with Crippen molar-refractivity contribution >= 4 is 0 Å². The maximum atomic E-state index is 11.0. The topological polar surface area (TPSA) is 266 Å². The van der Waals surface area contributed by atoms with Crippen molar-refractivity contribution in [2.24, 2.45) is 15.3 Å². The van der Waals surface area contributed by atoms with Crippen LogP contribution in [0.25, 0.3) is 31.3 Å². The molecule has 22 nitrogen and oxygen atoms in total. The molecular formula is C81H85N9O13. The molecule has 2 fully saturated rings. The quantitative estimate of drug-likeness (QED) is 0.0196. The van der Waals surface area contributed by atoms with E-state index < -0.39 is 85.6 Å². The maximum absolute atomic E-state index is 11.0. The second kappa shape index (κ2) is 41.5. The minimum Gasteiger partial charge on any atom is -0.376 e. The minimum absolute atomic E-state index is 0.0172. The van der Waals surface area contributed by atoms with Crippen molar-refractivity contribution in [3.8, 4) is 0 Å². The molecule has 9 aromatic rings. The van der Waals surface area contributed by atoms with E-state index in [4.69, 9.17) is 61.6 Å². The van der Waals surface area contributed by atoms with Crippen molar-refractivity contribution in [1.82, 2.24) is 0 Å². The summed E-state index contributed by atoms with van der Waals surface area (Å²) in [6.07, 6.45) is -13.2. The van der Waals surface area contributed by atoms with Crippen LogP contribution in [0.1, 0.15) is 50.1 Å². The van der Waals surface area contributed by atoms with Gasteiger partial charge < -0.3 is 61.6 Å². The first-order chi connectivity index (χ1) is 51.0. The van der Waals surface area contributed by atoms with E-state index in [2.05, 4.69) is 30.1 Å². The zero-order chi connectivity index (χ0) is 70.7. The smallest absolute Gasteiger partial charge is 0.169 e. The predicted octanol–water partition coefficient (Wildman–Crippen LogP) is 16.0. The highest BCUT2D eigenvalue weighted by Gasteiger charge is 2.55. The van der Waals surface area contributed by atoms with Crippen molar-refractivity contribution in [2.75, 3.05) is 26.4 Å². The van der Waals surface area contributed by atoms with Crippen molar-refractivity contribution < 1.29 is 61.6 Å². The van der Waals surface area contributed by atoms with Crippen LogP contribution in [-0.4, -0.2) is 112 Å². The van der Waals surface area contributed by atoms with Gasteiger partial charge in [0.05, 0.1) is 98.0 Å². The van der Waals surface area contributed by atoms with Gasteiger partial charge in [0.2, 0.25) is 0 Å². The van der Waals surface area contributed by atoms with Crippen LogP contribution in [0.15, 0.2) is 288 Å². The molecule has 0 spiro atoms. The molecule has 2 aliphatic rings. The van der Waals surface area contributed by atoms with E-state index in [-0.39, 0.29) is 85.9 Å². The molecule has 2 heterocycles. The summed E-state index contributed by atoms with van der Waals surface area (Å²) in [6, 6.07) is 82.9. The lowest BCUT2D eigenvalue weighted by atomic mass is 9.94. The lowest BCUT2D eigenvalue weighted by molar-refractivity contribution is -0.348. The number of rotatable bonds is 41. The second-order valence-electron chi connectivity index (χ2n) is 24.8. The average Bonchev–Trinajstić information content (AvgIpc) is 0.767. The molecule has 2 aliphatic heterocycles. The summed E-state index contributed by atoms with van der Waals surface area (Å²) in [6.45, 7) is 0.372. The van der Waals surface area contributed by atoms with Gasteiger partial charge in [0.25, 0.3) is 0 Å². The van der Waals surface area contributed by atoms with E-state index in [1.54, 1.807) is 0 Å². The van der Waals surface area contributed by atoms with Crippen LogP contribution in [0.2, 0.25) is 0 Å². The normalized spacial score (nSPS) is 21.3. The largest absolute Gasteiger partial charge is 0.376 e. The number of nitrogens with zero attached hydrogens (tertiary/aromatic N) is 9. The minimum atomic E-state index is -1.53. The Labute approximate surface area is 600 Å². The molecule has 11 rings (SSSR count). The predicted molar refractivity (Wildman–Crippen MR) is 385 cm³/mol. The van der Waals surface area contributed by atoms with E-state index in [0.717, 1.165) is 50.1 Å². The zero-order valence-electron chi connectivity index (χ0n) is 57.1. The van der Waals surface area contributed by atoms with Crippen molar-refractivity contribution in [3.05, 3.63) is 354 Å². The number of azide groups is 3. The van der Waals surface area contributed by atoms with E-state index in [0.29, 0.717) is 0 Å². The van der Waals surface area contributed by atoms with Crippen molar-refractivity contribution in [2.45, 2.75) is 145 Å². The summed E-state index contributed by atoms with van der Waals surface area (Å²) < 4.78 is 91.0. The summed E-state index contributed by atoms with van der Waals surface area (Å²) >= 11 is 0. The van der Waals surface area contributed by atoms with E-state index in [1.807, 2.05) is 273 Å². The Morgan fingerprint density at radius 3 is 1.02 bits per heavy atom. The van der Waals surface area contributed by atoms with Crippen LogP contribution in [-0.2, 0) is 121 Å². The van der Waals surface area contributed by atoms with E-state index in [9.17, 15) is 16.6 Å². The Morgan fingerprint density at radius 1 is 0.320 bits per heavy atom. The highest BCUT2D eigenvalue weighted by Crippen LogP contribution is 2.38. The van der Waals surface area contributed by atoms with Gasteiger partial charge in [0, 0.05) is 14.7 Å². The molecule has 0 saturated carbocycles. The summed E-state index contributed by atoms with van der Waals surface area (Å²) in [7, 11) is 0. The van der Waals surface area contributed by atoms with Gasteiger partial charge in [0.15, 0.2) is 12.6 Å². The summed E-state index contributed by atoms with van der Waals surface area (Å²) in [5, 5.41) is 13.4. The van der Waals surface area contributed by atoms with Gasteiger partial charge in [-0.05, 0) is 66.7 Å². The molecule has 0 amide bonds. The number of ether oxygens (including phenoxy) is 13. The molecule has 9 aromatic carbocycles. The third kappa shape index (κ3) is 23.2. The molecule has 14 atom stereocenters. The summed E-state index contributed by atoms with van der Waals surface area (Å²) in [5.41, 5.74) is 39.9. The standard InChI is InChI=1S/C81H85N9O13/c82-88-85-68(55-91-46-59-28-10-1-11-29-59)74(95-50-63-36-18-5-19-37-63)75(96-51-64-38-20-6-21-39-64)69(56-92-47-60-30-12-2-13-31-60)100-80-73(87-90-84)79(99-54-67-44-26-9-27-45-67)77(71(102-80)58-94-49-62-34-16-4-17-35-62)103-81-72(86-89-83)78(98-53-66-42-24-8-25-43-66)76(97-52-65-40-22-7-23-41-65)70(101-81)57-93-48-61-32-14-3-15-33-61/h1-45,68-81H,46-58H2/t68-,69+,70-,71-,72-,73-,74-,75-,76-,77-,78-,79-,80+,81+/m1/s1. The lowest BCUT2D eigenvalue weighted by Crippen LogP contribution is -2.65. The van der Waals surface area contributed by atoms with Gasteiger partial charge in [-0.15, -0.1) is 0 Å². The molecule has 103 heavy (non-hydrogen) atoms. The molecule has 0 N–H and O–H groups in total. The van der Waals surface area contributed by atoms with Crippen LogP contribution in [0.4, 0.5) is 0 Å². The molecule has 0 aromatic heterocycles. The average molecular weight is 1390 g/mol. The lowest BCUT2D eigenvalue weighted by Gasteiger charge is -2.49. The first-order valence-electron chi connectivity index (χ1n) is 34.5. The highest BCUT2D eigenvalue weighted by atomic mass is 16.7. The third-order valence-corrected chi connectivity index (χ3v) is 17.5. The van der Waals surface area contributed by atoms with Gasteiger partial charge in [-0.3, -0.25) is 0 Å². The fourth-order valence-corrected chi connectivity index (χ4v) is 12.3.